The first kappa shape index (κ1) is 18.4. The van der Waals surface area contributed by atoms with E-state index in [1.165, 1.54) is 12.0 Å². The van der Waals surface area contributed by atoms with Gasteiger partial charge in [-0.2, -0.15) is 0 Å². The molecule has 0 unspecified atom stereocenters. The molecule has 0 radical (unpaired) electrons. The molecule has 4 amide bonds. The summed E-state index contributed by atoms with van der Waals surface area (Å²) in [6.45, 7) is 0.231. The van der Waals surface area contributed by atoms with Crippen molar-refractivity contribution in [2.24, 2.45) is 0 Å². The van der Waals surface area contributed by atoms with Crippen molar-refractivity contribution in [3.63, 3.8) is 0 Å². The number of nitrogen functional groups attached to an aromatic ring is 1. The van der Waals surface area contributed by atoms with Crippen molar-refractivity contribution >= 4 is 23.5 Å². The Kier molecular flexibility index (Phi) is 4.35. The molecule has 2 heterocycles. The van der Waals surface area contributed by atoms with Gasteiger partial charge in [-0.3, -0.25) is 14.9 Å². The van der Waals surface area contributed by atoms with Crippen LogP contribution < -0.4 is 21.1 Å². The van der Waals surface area contributed by atoms with Crippen LogP contribution in [0.25, 0.3) is 0 Å². The number of nitrogens with one attached hydrogen (secondary N) is 2. The van der Waals surface area contributed by atoms with Gasteiger partial charge in [-0.05, 0) is 42.0 Å². The quantitative estimate of drug-likeness (QED) is 0.409. The predicted octanol–water partition coefficient (Wildman–Crippen LogP) is 0.863. The van der Waals surface area contributed by atoms with E-state index in [0.717, 1.165) is 5.56 Å². The van der Waals surface area contributed by atoms with Gasteiger partial charge in [0, 0.05) is 23.4 Å². The van der Waals surface area contributed by atoms with Gasteiger partial charge >= 0.3 is 6.03 Å². The monoisotopic (exact) mass is 390 g/mol. The fourth-order valence-electron chi connectivity index (χ4n) is 3.36. The van der Waals surface area contributed by atoms with Crippen LogP contribution >= 0.6 is 0 Å². The third-order valence-electron chi connectivity index (χ3n) is 4.90. The van der Waals surface area contributed by atoms with Crippen molar-refractivity contribution in [2.75, 3.05) is 19.4 Å². The third kappa shape index (κ3) is 3.34. The smallest absolute Gasteiger partial charge is 0.323 e. The number of imide groups is 1. The van der Waals surface area contributed by atoms with Crippen molar-refractivity contribution in [1.82, 2.24) is 15.5 Å². The predicted molar refractivity (Wildman–Crippen MR) is 105 cm³/mol. The molecule has 8 heteroatoms. The van der Waals surface area contributed by atoms with Gasteiger partial charge in [0.1, 0.15) is 5.75 Å². The van der Waals surface area contributed by atoms with E-state index in [4.69, 9.17) is 10.5 Å². The number of anilines is 1. The van der Waals surface area contributed by atoms with Crippen LogP contribution in [-0.2, 0) is 11.3 Å². The van der Waals surface area contributed by atoms with Gasteiger partial charge in [-0.1, -0.05) is 17.9 Å². The van der Waals surface area contributed by atoms with Crippen LogP contribution in [0.2, 0.25) is 0 Å². The highest BCUT2D eigenvalue weighted by atomic mass is 16.5. The normalized spacial score (nSPS) is 19.9. The van der Waals surface area contributed by atoms with Crippen molar-refractivity contribution in [2.45, 2.75) is 12.1 Å². The van der Waals surface area contributed by atoms with Gasteiger partial charge in [-0.25, -0.2) is 4.79 Å². The number of ether oxygens (including phenoxy) is 1. The second-order valence-corrected chi connectivity index (χ2v) is 6.87. The zero-order valence-corrected chi connectivity index (χ0v) is 15.6. The van der Waals surface area contributed by atoms with E-state index >= 15 is 0 Å². The first-order chi connectivity index (χ1) is 13.9. The van der Waals surface area contributed by atoms with Crippen LogP contribution in [-0.4, -0.2) is 41.9 Å². The van der Waals surface area contributed by atoms with Gasteiger partial charge in [0.05, 0.1) is 13.7 Å². The van der Waals surface area contributed by atoms with E-state index < -0.39 is 17.5 Å². The Hall–Kier alpha value is -3.99. The summed E-state index contributed by atoms with van der Waals surface area (Å²) in [7, 11) is 1.53. The number of hydrogen-bond acceptors (Lipinski definition) is 5. The van der Waals surface area contributed by atoms with Gasteiger partial charge in [0.15, 0.2) is 0 Å². The van der Waals surface area contributed by atoms with E-state index in [1.54, 1.807) is 36.4 Å². The fourth-order valence-corrected chi connectivity index (χ4v) is 3.36. The number of fused-ring (bicyclic) bond motifs is 1. The van der Waals surface area contributed by atoms with Crippen LogP contribution in [0.3, 0.4) is 0 Å². The van der Waals surface area contributed by atoms with Crippen LogP contribution in [0.15, 0.2) is 42.5 Å². The standard InChI is InChI=1S/C21H18N4O4/c1-29-16-7-4-14-11-25(18(26)17(14)10-16)12-21(19(27)23-20(28)24-21)9-8-13-2-5-15(22)6-3-13/h2-7,10H,11-12,22H2,1H3,(H2,23,24,27,28)/t21-/m1/s1. The lowest BCUT2D eigenvalue weighted by atomic mass is 9.99. The number of carbonyl (C=O) groups is 3. The molecule has 29 heavy (non-hydrogen) atoms. The van der Waals surface area contributed by atoms with Crippen molar-refractivity contribution in [1.29, 1.82) is 0 Å². The Morgan fingerprint density at radius 3 is 2.59 bits per heavy atom. The fraction of sp³-hybridized carbons (Fsp3) is 0.190. The number of nitrogens with zero attached hydrogens (tertiary/aromatic N) is 1. The summed E-state index contributed by atoms with van der Waals surface area (Å²) in [5.74, 6) is 5.48. The van der Waals surface area contributed by atoms with Crippen molar-refractivity contribution in [3.8, 4) is 17.6 Å². The minimum Gasteiger partial charge on any atom is -0.497 e. The zero-order valence-electron chi connectivity index (χ0n) is 15.6. The number of hydrogen-bond donors (Lipinski definition) is 3. The molecular formula is C21H18N4O4. The average molecular weight is 390 g/mol. The molecule has 8 nitrogen and oxygen atoms in total. The van der Waals surface area contributed by atoms with E-state index in [1.807, 2.05) is 6.07 Å². The Balaban J connectivity index is 1.64. The summed E-state index contributed by atoms with van der Waals surface area (Å²) in [4.78, 5) is 38.8. The van der Waals surface area contributed by atoms with Crippen LogP contribution in [0.5, 0.6) is 5.75 Å². The number of methoxy groups -OCH3 is 1. The molecule has 0 spiro atoms. The Labute approximate surface area is 167 Å². The highest BCUT2D eigenvalue weighted by Gasteiger charge is 2.48. The summed E-state index contributed by atoms with van der Waals surface area (Å²) < 4.78 is 5.18. The highest BCUT2D eigenvalue weighted by Crippen LogP contribution is 2.28. The number of rotatable bonds is 3. The molecule has 0 saturated carbocycles. The largest absolute Gasteiger partial charge is 0.497 e. The van der Waals surface area contributed by atoms with E-state index in [-0.39, 0.29) is 12.5 Å². The van der Waals surface area contributed by atoms with Crippen LogP contribution in [0, 0.1) is 11.8 Å². The SMILES string of the molecule is COc1ccc2c(c1)C(=O)N(C[C@@]1(C#Cc3ccc(N)cc3)NC(=O)NC1=O)C2. The minimum absolute atomic E-state index is 0.0810. The van der Waals surface area contributed by atoms with Crippen molar-refractivity contribution in [3.05, 3.63) is 59.2 Å². The first-order valence-corrected chi connectivity index (χ1v) is 8.89. The molecule has 2 aliphatic heterocycles. The molecule has 1 saturated heterocycles. The lowest BCUT2D eigenvalue weighted by molar-refractivity contribution is -0.122. The summed E-state index contributed by atoms with van der Waals surface area (Å²) in [6.07, 6.45) is 0. The maximum atomic E-state index is 12.9. The lowest BCUT2D eigenvalue weighted by Gasteiger charge is -2.26. The molecule has 2 aromatic carbocycles. The zero-order chi connectivity index (χ0) is 20.6. The average Bonchev–Trinajstić information content (AvgIpc) is 3.16. The molecule has 146 valence electrons. The minimum atomic E-state index is -1.54. The third-order valence-corrected chi connectivity index (χ3v) is 4.90. The second-order valence-electron chi connectivity index (χ2n) is 6.87. The summed E-state index contributed by atoms with van der Waals surface area (Å²) >= 11 is 0. The Bertz CT molecular complexity index is 1080. The maximum absolute atomic E-state index is 12.9. The van der Waals surface area contributed by atoms with Gasteiger partial charge < -0.3 is 20.7 Å². The molecule has 4 N–H and O–H groups in total. The van der Waals surface area contributed by atoms with E-state index in [9.17, 15) is 14.4 Å². The number of carbonyl (C=O) groups excluding carboxylic acids is 3. The van der Waals surface area contributed by atoms with Crippen molar-refractivity contribution < 1.29 is 19.1 Å². The molecule has 0 aliphatic carbocycles. The number of nitrogens with two attached hydrogens (primary N) is 1. The number of benzene rings is 2. The molecule has 0 aromatic heterocycles. The number of urea groups is 1. The molecule has 2 aromatic rings. The maximum Gasteiger partial charge on any atom is 0.323 e. The first-order valence-electron chi connectivity index (χ1n) is 8.89. The van der Waals surface area contributed by atoms with Crippen LogP contribution in [0.4, 0.5) is 10.5 Å². The molecule has 2 aliphatic rings. The van der Waals surface area contributed by atoms with Crippen LogP contribution in [0.1, 0.15) is 21.5 Å². The summed E-state index contributed by atoms with van der Waals surface area (Å²) in [5, 5.41) is 4.79. The van der Waals surface area contributed by atoms with Gasteiger partial charge in [0.2, 0.25) is 5.54 Å². The molecule has 4 rings (SSSR count). The molecular weight excluding hydrogens is 372 g/mol. The highest BCUT2D eigenvalue weighted by molar-refractivity contribution is 6.10. The Morgan fingerprint density at radius 1 is 1.17 bits per heavy atom. The molecule has 1 atom stereocenters. The Morgan fingerprint density at radius 2 is 1.93 bits per heavy atom. The summed E-state index contributed by atoms with van der Waals surface area (Å²) in [6, 6.07) is 11.4. The number of amides is 4. The van der Waals surface area contributed by atoms with Gasteiger partial charge in [-0.15, -0.1) is 0 Å². The van der Waals surface area contributed by atoms with E-state index in [2.05, 4.69) is 22.5 Å². The second kappa shape index (κ2) is 6.87. The lowest BCUT2D eigenvalue weighted by Crippen LogP contribution is -2.54. The van der Waals surface area contributed by atoms with E-state index in [0.29, 0.717) is 29.1 Å². The van der Waals surface area contributed by atoms with Gasteiger partial charge in [0.25, 0.3) is 11.8 Å². The summed E-state index contributed by atoms with van der Waals surface area (Å²) in [5.41, 5.74) is 6.69. The molecule has 0 bridgehead atoms. The molecule has 1 fully saturated rings. The topological polar surface area (TPSA) is 114 Å².